The molecule has 3 fully saturated rings. The smallest absolute Gasteiger partial charge is 0.338 e. The summed E-state index contributed by atoms with van der Waals surface area (Å²) in [6.07, 6.45) is 5.31. The fourth-order valence-electron chi connectivity index (χ4n) is 5.93. The van der Waals surface area contributed by atoms with Crippen LogP contribution in [0.25, 0.3) is 0 Å². The first-order valence-corrected chi connectivity index (χ1v) is 11.3. The molecule has 7 nitrogen and oxygen atoms in total. The van der Waals surface area contributed by atoms with Crippen LogP contribution < -0.4 is 10.2 Å². The SMILES string of the molecule is O=C(COC(=O)c1cccc(N2C(=O)[C@@H]3[C@H]4C=C[C@@H]([C@@H]5C[C@@H]45)[C@@H]3C2=O)c1)Nc1ccc(F)cc1. The second kappa shape index (κ2) is 7.62. The van der Waals surface area contributed by atoms with Gasteiger partial charge in [-0.2, -0.15) is 0 Å². The number of nitrogens with zero attached hydrogens (tertiary/aromatic N) is 1. The van der Waals surface area contributed by atoms with E-state index < -0.39 is 24.3 Å². The highest BCUT2D eigenvalue weighted by Gasteiger charge is 2.67. The standard InChI is InChI=1S/C26H21FN2O5/c27-14-4-6-15(7-5-14)28-21(30)12-34-26(33)13-2-1-3-16(10-13)29-24(31)22-17-8-9-18(20-11-19(17)20)23(22)25(29)32/h1-10,17-20,22-23H,11-12H2,(H,28,30)/t17-,18-,19-,20-,22-,23+/m0/s1. The lowest BCUT2D eigenvalue weighted by Crippen LogP contribution is -2.40. The van der Waals surface area contributed by atoms with E-state index in [1.54, 1.807) is 12.1 Å². The summed E-state index contributed by atoms with van der Waals surface area (Å²) in [6, 6.07) is 11.4. The summed E-state index contributed by atoms with van der Waals surface area (Å²) in [5, 5.41) is 2.51. The molecule has 2 aromatic carbocycles. The molecule has 0 radical (unpaired) electrons. The molecule has 0 unspecified atom stereocenters. The number of hydrogen-bond acceptors (Lipinski definition) is 5. The number of ether oxygens (including phenoxy) is 1. The van der Waals surface area contributed by atoms with E-state index in [0.717, 1.165) is 6.42 Å². The van der Waals surface area contributed by atoms with Crippen molar-refractivity contribution >= 4 is 35.1 Å². The van der Waals surface area contributed by atoms with Crippen LogP contribution in [0, 0.1) is 41.3 Å². The molecule has 172 valence electrons. The highest BCUT2D eigenvalue weighted by atomic mass is 19.1. The number of allylic oxidation sites excluding steroid dienone is 2. The fourth-order valence-corrected chi connectivity index (χ4v) is 5.93. The van der Waals surface area contributed by atoms with Crippen molar-refractivity contribution in [3.05, 3.63) is 72.1 Å². The second-order valence-electron chi connectivity index (χ2n) is 9.35. The van der Waals surface area contributed by atoms with E-state index in [0.29, 0.717) is 23.2 Å². The Morgan fingerprint density at radius 1 is 0.971 bits per heavy atom. The van der Waals surface area contributed by atoms with Crippen molar-refractivity contribution in [1.29, 1.82) is 0 Å². The molecule has 0 aromatic heterocycles. The first-order valence-electron chi connectivity index (χ1n) is 11.3. The third-order valence-electron chi connectivity index (χ3n) is 7.47. The minimum atomic E-state index is -0.754. The van der Waals surface area contributed by atoms with E-state index in [9.17, 15) is 23.6 Å². The fraction of sp³-hybridized carbons (Fsp3) is 0.308. The third kappa shape index (κ3) is 3.24. The van der Waals surface area contributed by atoms with Crippen molar-refractivity contribution in [2.24, 2.45) is 35.5 Å². The van der Waals surface area contributed by atoms with Crippen molar-refractivity contribution in [3.63, 3.8) is 0 Å². The van der Waals surface area contributed by atoms with Gasteiger partial charge in [-0.05, 0) is 72.6 Å². The molecule has 1 saturated heterocycles. The molecule has 3 amide bonds. The van der Waals surface area contributed by atoms with Gasteiger partial charge in [-0.25, -0.2) is 14.1 Å². The molecule has 1 heterocycles. The summed E-state index contributed by atoms with van der Waals surface area (Å²) in [7, 11) is 0. The van der Waals surface area contributed by atoms with Gasteiger partial charge in [0.25, 0.3) is 5.91 Å². The summed E-state index contributed by atoms with van der Waals surface area (Å²) in [5.74, 6) is -1.56. The van der Waals surface area contributed by atoms with Gasteiger partial charge >= 0.3 is 5.97 Å². The number of carbonyl (C=O) groups excluding carboxylic acids is 4. The number of halogens is 1. The topological polar surface area (TPSA) is 92.8 Å². The quantitative estimate of drug-likeness (QED) is 0.420. The Bertz CT molecular complexity index is 1220. The maximum atomic E-state index is 13.3. The predicted molar refractivity (Wildman–Crippen MR) is 119 cm³/mol. The van der Waals surface area contributed by atoms with Crippen LogP contribution in [-0.4, -0.2) is 30.3 Å². The van der Waals surface area contributed by atoms with E-state index >= 15 is 0 Å². The number of imide groups is 1. The molecule has 4 aliphatic carbocycles. The molecule has 6 atom stereocenters. The molecular formula is C26H21FN2O5. The Labute approximate surface area is 194 Å². The highest BCUT2D eigenvalue weighted by Crippen LogP contribution is 2.65. The van der Waals surface area contributed by atoms with Crippen LogP contribution in [0.2, 0.25) is 0 Å². The van der Waals surface area contributed by atoms with Crippen LogP contribution in [0.15, 0.2) is 60.7 Å². The van der Waals surface area contributed by atoms with Crippen molar-refractivity contribution in [2.75, 3.05) is 16.8 Å². The highest BCUT2D eigenvalue weighted by molar-refractivity contribution is 6.23. The van der Waals surface area contributed by atoms with Crippen LogP contribution in [0.5, 0.6) is 0 Å². The largest absolute Gasteiger partial charge is 0.452 e. The summed E-state index contributed by atoms with van der Waals surface area (Å²) in [6.45, 7) is -0.538. The number of nitrogens with one attached hydrogen (secondary N) is 1. The van der Waals surface area contributed by atoms with Crippen molar-refractivity contribution in [2.45, 2.75) is 6.42 Å². The van der Waals surface area contributed by atoms with Crippen LogP contribution >= 0.6 is 0 Å². The normalized spacial score (nSPS) is 30.1. The van der Waals surface area contributed by atoms with Gasteiger partial charge in [-0.15, -0.1) is 0 Å². The van der Waals surface area contributed by atoms with Gasteiger partial charge in [0.1, 0.15) is 5.82 Å². The maximum absolute atomic E-state index is 13.3. The van der Waals surface area contributed by atoms with Crippen molar-refractivity contribution in [1.82, 2.24) is 0 Å². The van der Waals surface area contributed by atoms with E-state index in [-0.39, 0.29) is 41.0 Å². The van der Waals surface area contributed by atoms with Crippen LogP contribution in [0.4, 0.5) is 15.8 Å². The van der Waals surface area contributed by atoms with Gasteiger partial charge in [0.05, 0.1) is 23.1 Å². The monoisotopic (exact) mass is 460 g/mol. The van der Waals surface area contributed by atoms with Crippen molar-refractivity contribution < 1.29 is 28.3 Å². The van der Waals surface area contributed by atoms with Crippen molar-refractivity contribution in [3.8, 4) is 0 Å². The van der Waals surface area contributed by atoms with E-state index in [4.69, 9.17) is 4.74 Å². The van der Waals surface area contributed by atoms with Gasteiger partial charge < -0.3 is 10.1 Å². The van der Waals surface area contributed by atoms with Crippen LogP contribution in [0.3, 0.4) is 0 Å². The summed E-state index contributed by atoms with van der Waals surface area (Å²) < 4.78 is 18.1. The van der Waals surface area contributed by atoms with Gasteiger partial charge in [0.15, 0.2) is 6.61 Å². The predicted octanol–water partition coefficient (Wildman–Crippen LogP) is 3.18. The molecular weight excluding hydrogens is 439 g/mol. The molecule has 8 heteroatoms. The number of benzene rings is 2. The number of anilines is 2. The lowest BCUT2D eigenvalue weighted by molar-refractivity contribution is -0.124. The van der Waals surface area contributed by atoms with Gasteiger partial charge in [0, 0.05) is 5.69 Å². The van der Waals surface area contributed by atoms with Crippen LogP contribution in [-0.2, 0) is 19.1 Å². The molecule has 0 spiro atoms. The van der Waals surface area contributed by atoms with E-state index in [1.165, 1.54) is 41.3 Å². The molecule has 2 saturated carbocycles. The summed E-state index contributed by atoms with van der Waals surface area (Å²) in [4.78, 5) is 52.4. The molecule has 5 aliphatic rings. The lowest BCUT2D eigenvalue weighted by atomic mass is 9.63. The minimum absolute atomic E-state index is 0.120. The Morgan fingerprint density at radius 2 is 1.62 bits per heavy atom. The number of amides is 3. The van der Waals surface area contributed by atoms with E-state index in [2.05, 4.69) is 17.5 Å². The Hall–Kier alpha value is -3.81. The van der Waals surface area contributed by atoms with E-state index in [1.807, 2.05) is 0 Å². The molecule has 7 rings (SSSR count). The zero-order chi connectivity index (χ0) is 23.6. The molecule has 1 N–H and O–H groups in total. The molecule has 2 bridgehead atoms. The minimum Gasteiger partial charge on any atom is -0.452 e. The third-order valence-corrected chi connectivity index (χ3v) is 7.47. The van der Waals surface area contributed by atoms with Crippen LogP contribution in [0.1, 0.15) is 16.8 Å². The first kappa shape index (κ1) is 20.8. The van der Waals surface area contributed by atoms with Gasteiger partial charge in [0.2, 0.25) is 11.8 Å². The number of esters is 1. The summed E-state index contributed by atoms with van der Waals surface area (Å²) >= 11 is 0. The van der Waals surface area contributed by atoms with Gasteiger partial charge in [-0.3, -0.25) is 14.4 Å². The zero-order valence-electron chi connectivity index (χ0n) is 18.0. The lowest BCUT2D eigenvalue weighted by Gasteiger charge is -2.37. The second-order valence-corrected chi connectivity index (χ2v) is 9.35. The van der Waals surface area contributed by atoms with Gasteiger partial charge in [-0.1, -0.05) is 18.2 Å². The molecule has 1 aliphatic heterocycles. The Balaban J connectivity index is 1.14. The maximum Gasteiger partial charge on any atom is 0.338 e. The number of carbonyl (C=O) groups is 4. The average Bonchev–Trinajstić information content (AvgIpc) is 3.62. The molecule has 34 heavy (non-hydrogen) atoms. The number of hydrogen-bond donors (Lipinski definition) is 1. The summed E-state index contributed by atoms with van der Waals surface area (Å²) in [5.41, 5.74) is 0.840. The first-order chi connectivity index (χ1) is 16.4. The Morgan fingerprint density at radius 3 is 2.26 bits per heavy atom. The number of rotatable bonds is 5. The average molecular weight is 460 g/mol. The Kier molecular flexibility index (Phi) is 4.65. The zero-order valence-corrected chi connectivity index (χ0v) is 18.0. The molecule has 2 aromatic rings.